The van der Waals surface area contributed by atoms with E-state index in [-0.39, 0.29) is 5.91 Å². The number of rotatable bonds is 5. The molecule has 0 aliphatic rings. The van der Waals surface area contributed by atoms with E-state index in [0.717, 1.165) is 11.2 Å². The molecule has 7 nitrogen and oxygen atoms in total. The molecule has 3 rings (SSSR count). The summed E-state index contributed by atoms with van der Waals surface area (Å²) in [5.74, 6) is -0.872. The number of ether oxygens (including phenoxy) is 1. The molecule has 0 fully saturated rings. The Bertz CT molecular complexity index is 936. The SMILES string of the molecule is CCn1nnc2cc(C(=O)O[C@@H](C)C(=O)N(C)c3ccccc3)ccc21. The Morgan fingerprint density at radius 1 is 1.19 bits per heavy atom. The highest BCUT2D eigenvalue weighted by atomic mass is 16.5. The van der Waals surface area contributed by atoms with Crippen molar-refractivity contribution in [3.05, 3.63) is 54.1 Å². The number of amides is 1. The molecule has 7 heteroatoms. The third kappa shape index (κ3) is 3.42. The quantitative estimate of drug-likeness (QED) is 0.660. The number of benzene rings is 2. The smallest absolute Gasteiger partial charge is 0.338 e. The van der Waals surface area contributed by atoms with Gasteiger partial charge in [-0.05, 0) is 44.2 Å². The van der Waals surface area contributed by atoms with Crippen LogP contribution in [0.4, 0.5) is 5.69 Å². The number of hydrogen-bond donors (Lipinski definition) is 0. The van der Waals surface area contributed by atoms with E-state index in [9.17, 15) is 9.59 Å². The van der Waals surface area contributed by atoms with Crippen molar-refractivity contribution in [2.45, 2.75) is 26.5 Å². The van der Waals surface area contributed by atoms with Gasteiger partial charge in [0.1, 0.15) is 5.52 Å². The van der Waals surface area contributed by atoms with Crippen LogP contribution in [0.3, 0.4) is 0 Å². The number of carbonyl (C=O) groups is 2. The van der Waals surface area contributed by atoms with E-state index >= 15 is 0 Å². The summed E-state index contributed by atoms with van der Waals surface area (Å²) >= 11 is 0. The molecule has 1 aromatic heterocycles. The largest absolute Gasteiger partial charge is 0.449 e. The van der Waals surface area contributed by atoms with Gasteiger partial charge in [0.25, 0.3) is 5.91 Å². The van der Waals surface area contributed by atoms with Crippen molar-refractivity contribution in [2.75, 3.05) is 11.9 Å². The fourth-order valence-corrected chi connectivity index (χ4v) is 2.66. The van der Waals surface area contributed by atoms with Crippen molar-refractivity contribution in [3.8, 4) is 0 Å². The van der Waals surface area contributed by atoms with Crippen molar-refractivity contribution in [1.29, 1.82) is 0 Å². The summed E-state index contributed by atoms with van der Waals surface area (Å²) in [6.45, 7) is 4.22. The molecule has 0 bridgehead atoms. The first-order valence-electron chi connectivity index (χ1n) is 8.38. The molecule has 0 aliphatic heterocycles. The predicted molar refractivity (Wildman–Crippen MR) is 97.9 cm³/mol. The maximum absolute atomic E-state index is 12.5. The van der Waals surface area contributed by atoms with Gasteiger partial charge < -0.3 is 9.64 Å². The highest BCUT2D eigenvalue weighted by Gasteiger charge is 2.23. The molecule has 0 N–H and O–H groups in total. The highest BCUT2D eigenvalue weighted by Crippen LogP contribution is 2.16. The number of fused-ring (bicyclic) bond motifs is 1. The van der Waals surface area contributed by atoms with Crippen LogP contribution in [0.25, 0.3) is 11.0 Å². The standard InChI is InChI=1S/C19H20N4O3/c1-4-23-17-11-10-14(12-16(17)20-21-23)19(25)26-13(2)18(24)22(3)15-8-6-5-7-9-15/h5-13H,4H2,1-3H3/t13-/m0/s1. The first-order chi connectivity index (χ1) is 12.5. The van der Waals surface area contributed by atoms with Crippen LogP contribution in [0.1, 0.15) is 24.2 Å². The second-order valence-corrected chi connectivity index (χ2v) is 5.89. The van der Waals surface area contributed by atoms with E-state index in [1.54, 1.807) is 36.9 Å². The Morgan fingerprint density at radius 3 is 2.62 bits per heavy atom. The summed E-state index contributed by atoms with van der Waals surface area (Å²) in [5, 5.41) is 8.06. The molecule has 3 aromatic rings. The van der Waals surface area contributed by atoms with Crippen molar-refractivity contribution in [3.63, 3.8) is 0 Å². The van der Waals surface area contributed by atoms with Crippen LogP contribution < -0.4 is 4.90 Å². The average molecular weight is 352 g/mol. The molecule has 0 unspecified atom stereocenters. The lowest BCUT2D eigenvalue weighted by Crippen LogP contribution is -2.37. The second-order valence-electron chi connectivity index (χ2n) is 5.89. The van der Waals surface area contributed by atoms with Gasteiger partial charge in [-0.25, -0.2) is 9.48 Å². The van der Waals surface area contributed by atoms with Crippen molar-refractivity contribution >= 4 is 28.6 Å². The molecule has 0 spiro atoms. The zero-order valence-corrected chi connectivity index (χ0v) is 14.9. The van der Waals surface area contributed by atoms with E-state index in [2.05, 4.69) is 10.3 Å². The number of esters is 1. The Hall–Kier alpha value is -3.22. The Morgan fingerprint density at radius 2 is 1.92 bits per heavy atom. The van der Waals surface area contributed by atoms with Gasteiger partial charge in [-0.2, -0.15) is 0 Å². The van der Waals surface area contributed by atoms with E-state index in [1.807, 2.05) is 37.3 Å². The molecule has 1 amide bonds. The maximum Gasteiger partial charge on any atom is 0.338 e. The van der Waals surface area contributed by atoms with Crippen molar-refractivity contribution < 1.29 is 14.3 Å². The third-order valence-corrected chi connectivity index (χ3v) is 4.15. The molecule has 0 saturated carbocycles. The monoisotopic (exact) mass is 352 g/mol. The van der Waals surface area contributed by atoms with Crippen LogP contribution in [0.15, 0.2) is 48.5 Å². The number of aryl methyl sites for hydroxylation is 1. The summed E-state index contributed by atoms with van der Waals surface area (Å²) < 4.78 is 7.08. The highest BCUT2D eigenvalue weighted by molar-refractivity contribution is 5.99. The minimum atomic E-state index is -0.908. The molecule has 134 valence electrons. The zero-order chi connectivity index (χ0) is 18.7. The second kappa shape index (κ2) is 7.35. The van der Waals surface area contributed by atoms with Crippen LogP contribution in [-0.4, -0.2) is 40.0 Å². The van der Waals surface area contributed by atoms with Crippen molar-refractivity contribution in [2.24, 2.45) is 0 Å². The number of nitrogens with zero attached hydrogens (tertiary/aromatic N) is 4. The molecular formula is C19H20N4O3. The van der Waals surface area contributed by atoms with Crippen LogP contribution in [-0.2, 0) is 16.1 Å². The van der Waals surface area contributed by atoms with Gasteiger partial charge >= 0.3 is 5.97 Å². The number of aromatic nitrogens is 3. The van der Waals surface area contributed by atoms with Gasteiger partial charge in [0.2, 0.25) is 0 Å². The molecule has 2 aromatic carbocycles. The fraction of sp³-hybridized carbons (Fsp3) is 0.263. The molecule has 26 heavy (non-hydrogen) atoms. The number of anilines is 1. The summed E-state index contributed by atoms with van der Waals surface area (Å²) in [6.07, 6.45) is -0.908. The van der Waals surface area contributed by atoms with Crippen LogP contribution in [0, 0.1) is 0 Å². The Kier molecular flexibility index (Phi) is 4.97. The first kappa shape index (κ1) is 17.6. The number of carbonyl (C=O) groups excluding carboxylic acids is 2. The molecule has 1 atom stereocenters. The summed E-state index contributed by atoms with van der Waals surface area (Å²) in [7, 11) is 1.65. The van der Waals surface area contributed by atoms with Gasteiger partial charge in [0.05, 0.1) is 11.1 Å². The van der Waals surface area contributed by atoms with E-state index < -0.39 is 12.1 Å². The van der Waals surface area contributed by atoms with E-state index in [1.165, 1.54) is 4.90 Å². The summed E-state index contributed by atoms with van der Waals surface area (Å²) in [6, 6.07) is 14.2. The minimum absolute atomic E-state index is 0.303. The van der Waals surface area contributed by atoms with Gasteiger partial charge in [0.15, 0.2) is 6.10 Å². The normalized spacial score (nSPS) is 12.0. The summed E-state index contributed by atoms with van der Waals surface area (Å²) in [4.78, 5) is 26.3. The lowest BCUT2D eigenvalue weighted by Gasteiger charge is -2.21. The maximum atomic E-state index is 12.5. The van der Waals surface area contributed by atoms with Gasteiger partial charge in [-0.15, -0.1) is 5.10 Å². The lowest BCUT2D eigenvalue weighted by atomic mass is 10.2. The van der Waals surface area contributed by atoms with Gasteiger partial charge in [-0.1, -0.05) is 23.4 Å². The fourth-order valence-electron chi connectivity index (χ4n) is 2.66. The summed E-state index contributed by atoms with van der Waals surface area (Å²) in [5.41, 5.74) is 2.53. The number of likely N-dealkylation sites (N-methyl/N-ethyl adjacent to an activating group) is 1. The van der Waals surface area contributed by atoms with E-state index in [4.69, 9.17) is 4.74 Å². The lowest BCUT2D eigenvalue weighted by molar-refractivity contribution is -0.126. The van der Waals surface area contributed by atoms with Crippen LogP contribution >= 0.6 is 0 Å². The molecule has 0 aliphatic carbocycles. The topological polar surface area (TPSA) is 77.3 Å². The Balaban J connectivity index is 1.71. The molecule has 0 saturated heterocycles. The molecule has 0 radical (unpaired) electrons. The Labute approximate surface area is 151 Å². The predicted octanol–water partition coefficient (Wildman–Crippen LogP) is 2.66. The van der Waals surface area contributed by atoms with E-state index in [0.29, 0.717) is 17.6 Å². The molecule has 1 heterocycles. The van der Waals surface area contributed by atoms with Crippen LogP contribution in [0.2, 0.25) is 0 Å². The third-order valence-electron chi connectivity index (χ3n) is 4.15. The first-order valence-corrected chi connectivity index (χ1v) is 8.38. The number of para-hydroxylation sites is 1. The average Bonchev–Trinajstić information content (AvgIpc) is 3.09. The van der Waals surface area contributed by atoms with Gasteiger partial charge in [0, 0.05) is 19.3 Å². The van der Waals surface area contributed by atoms with Crippen LogP contribution in [0.5, 0.6) is 0 Å². The zero-order valence-electron chi connectivity index (χ0n) is 14.9. The molecular weight excluding hydrogens is 332 g/mol. The van der Waals surface area contributed by atoms with Gasteiger partial charge in [-0.3, -0.25) is 4.79 Å². The van der Waals surface area contributed by atoms with Crippen molar-refractivity contribution in [1.82, 2.24) is 15.0 Å². The number of hydrogen-bond acceptors (Lipinski definition) is 5. The minimum Gasteiger partial charge on any atom is -0.449 e.